The van der Waals surface area contributed by atoms with Gasteiger partial charge in [0.2, 0.25) is 0 Å². The largest absolute Gasteiger partial charge is 0.449 e. The molecule has 0 aromatic heterocycles. The minimum absolute atomic E-state index is 0.0312. The van der Waals surface area contributed by atoms with Crippen molar-refractivity contribution in [1.82, 2.24) is 9.80 Å². The molecule has 4 heterocycles. The molecule has 2 aromatic carbocycles. The van der Waals surface area contributed by atoms with Crippen LogP contribution in [0.2, 0.25) is 0 Å². The van der Waals surface area contributed by atoms with Gasteiger partial charge >= 0.3 is 29.9 Å². The monoisotopic (exact) mass is 685 g/mol. The van der Waals surface area contributed by atoms with Crippen LogP contribution in [0.5, 0.6) is 0 Å². The molecule has 4 fully saturated rings. The van der Waals surface area contributed by atoms with E-state index in [4.69, 9.17) is 5.73 Å². The van der Waals surface area contributed by atoms with E-state index in [1.807, 2.05) is 30.3 Å². The Labute approximate surface area is 285 Å². The number of nitrogens with two attached hydrogens (primary N) is 1. The maximum absolute atomic E-state index is 12.4. The first kappa shape index (κ1) is 36.0. The fraction of sp³-hybridized carbons (Fsp3) is 0.556. The van der Waals surface area contributed by atoms with E-state index >= 15 is 0 Å². The zero-order valence-electron chi connectivity index (χ0n) is 27.8. The van der Waals surface area contributed by atoms with Crippen LogP contribution in [0.4, 0.5) is 24.5 Å². The van der Waals surface area contributed by atoms with Gasteiger partial charge in [-0.25, -0.2) is 4.79 Å². The number of primary amides is 1. The van der Waals surface area contributed by atoms with Crippen molar-refractivity contribution in [3.63, 3.8) is 0 Å². The van der Waals surface area contributed by atoms with E-state index in [0.29, 0.717) is 25.9 Å². The molecule has 2 aromatic rings. The molecular weight excluding hydrogens is 639 g/mol. The lowest BCUT2D eigenvalue weighted by Crippen LogP contribution is -2.44. The fourth-order valence-corrected chi connectivity index (χ4v) is 7.32. The molecule has 4 saturated heterocycles. The quantitative estimate of drug-likeness (QED) is 0.337. The van der Waals surface area contributed by atoms with E-state index < -0.39 is 36.5 Å². The van der Waals surface area contributed by atoms with Crippen molar-refractivity contribution in [3.8, 4) is 0 Å². The molecule has 0 saturated carbocycles. The normalized spacial score (nSPS) is 21.2. The molecular formula is C36H46F3N5O5. The third-order valence-corrected chi connectivity index (χ3v) is 9.73. The molecule has 0 radical (unpaired) electrons. The van der Waals surface area contributed by atoms with Gasteiger partial charge in [-0.3, -0.25) is 14.4 Å². The number of carbonyl (C=O) groups excluding carboxylic acids is 4. The molecule has 6 rings (SSSR count). The maximum Gasteiger partial charge on any atom is 0.422 e. The van der Waals surface area contributed by atoms with Crippen molar-refractivity contribution in [3.05, 3.63) is 59.7 Å². The van der Waals surface area contributed by atoms with Gasteiger partial charge in [-0.2, -0.15) is 13.2 Å². The summed E-state index contributed by atoms with van der Waals surface area (Å²) in [6, 6.07) is 15.9. The van der Waals surface area contributed by atoms with Crippen LogP contribution in [0.1, 0.15) is 87.4 Å². The summed E-state index contributed by atoms with van der Waals surface area (Å²) in [4.78, 5) is 55.2. The number of ether oxygens (including phenoxy) is 1. The summed E-state index contributed by atoms with van der Waals surface area (Å²) in [7, 11) is 0. The second kappa shape index (κ2) is 16.4. The fourth-order valence-electron chi connectivity index (χ4n) is 7.32. The number of rotatable bonds is 5. The highest BCUT2D eigenvalue weighted by Gasteiger charge is 2.36. The highest BCUT2D eigenvalue weighted by molar-refractivity contribution is 6.34. The molecule has 10 nitrogen and oxygen atoms in total. The summed E-state index contributed by atoms with van der Waals surface area (Å²) in [6.07, 6.45) is 5.26. The van der Waals surface area contributed by atoms with E-state index in [1.54, 1.807) is 4.90 Å². The summed E-state index contributed by atoms with van der Waals surface area (Å²) in [5.74, 6) is -3.87. The summed E-state index contributed by atoms with van der Waals surface area (Å²) >= 11 is 0. The molecule has 3 amide bonds. The first-order chi connectivity index (χ1) is 23.5. The lowest BCUT2D eigenvalue weighted by atomic mass is 9.94. The lowest BCUT2D eigenvalue weighted by Gasteiger charge is -2.35. The topological polar surface area (TPSA) is 116 Å². The number of amides is 3. The average Bonchev–Trinajstić information content (AvgIpc) is 3.86. The maximum atomic E-state index is 12.4. The zero-order valence-corrected chi connectivity index (χ0v) is 27.8. The third kappa shape index (κ3) is 9.45. The van der Waals surface area contributed by atoms with Crippen molar-refractivity contribution in [2.75, 3.05) is 55.7 Å². The number of nitrogens with zero attached hydrogens (tertiary/aromatic N) is 4. The molecule has 4 aliphatic rings. The summed E-state index contributed by atoms with van der Waals surface area (Å²) in [6.45, 7) is 3.36. The van der Waals surface area contributed by atoms with Gasteiger partial charge in [0.1, 0.15) is 0 Å². The number of alkyl halides is 3. The van der Waals surface area contributed by atoms with Crippen molar-refractivity contribution in [2.45, 2.75) is 82.5 Å². The van der Waals surface area contributed by atoms with Crippen LogP contribution in [-0.4, -0.2) is 85.5 Å². The molecule has 49 heavy (non-hydrogen) atoms. The summed E-state index contributed by atoms with van der Waals surface area (Å²) in [5.41, 5.74) is 9.49. The van der Waals surface area contributed by atoms with Gasteiger partial charge in [0.25, 0.3) is 0 Å². The smallest absolute Gasteiger partial charge is 0.422 e. The van der Waals surface area contributed by atoms with Crippen LogP contribution in [0, 0.1) is 0 Å². The van der Waals surface area contributed by atoms with Crippen molar-refractivity contribution >= 4 is 35.1 Å². The minimum atomic E-state index is -4.65. The van der Waals surface area contributed by atoms with Gasteiger partial charge in [-0.05, 0) is 99.6 Å². The van der Waals surface area contributed by atoms with Crippen LogP contribution in [0.15, 0.2) is 48.5 Å². The number of piperidine rings is 2. The second-order valence-electron chi connectivity index (χ2n) is 13.2. The Hall–Kier alpha value is -4.29. The van der Waals surface area contributed by atoms with Gasteiger partial charge in [0.05, 0.1) is 12.1 Å². The highest BCUT2D eigenvalue weighted by Crippen LogP contribution is 2.35. The van der Waals surface area contributed by atoms with E-state index in [-0.39, 0.29) is 12.1 Å². The van der Waals surface area contributed by atoms with E-state index in [0.717, 1.165) is 81.5 Å². The molecule has 0 bridgehead atoms. The predicted molar refractivity (Wildman–Crippen MR) is 179 cm³/mol. The molecule has 2 atom stereocenters. The Bertz CT molecular complexity index is 1470. The van der Waals surface area contributed by atoms with E-state index in [2.05, 4.69) is 32.7 Å². The SMILES string of the molecule is NC(=O)C(=O)N1CCCCC1c1cccc(N2CCCC2)c1.O=C(OCC(F)(F)F)C(=O)N1CCCCC1c1cccc(N2CCCC2)c1. The Balaban J connectivity index is 0.000000195. The molecule has 2 N–H and O–H groups in total. The van der Waals surface area contributed by atoms with Gasteiger partial charge in [-0.15, -0.1) is 0 Å². The molecule has 0 aliphatic carbocycles. The van der Waals surface area contributed by atoms with Crippen LogP contribution < -0.4 is 15.5 Å². The Morgan fingerprint density at radius 2 is 1.08 bits per heavy atom. The Kier molecular flexibility index (Phi) is 12.1. The lowest BCUT2D eigenvalue weighted by molar-refractivity contribution is -0.190. The Morgan fingerprint density at radius 1 is 0.653 bits per heavy atom. The van der Waals surface area contributed by atoms with E-state index in [9.17, 15) is 32.3 Å². The van der Waals surface area contributed by atoms with Crippen molar-refractivity contribution < 1.29 is 37.1 Å². The summed E-state index contributed by atoms with van der Waals surface area (Å²) in [5, 5.41) is 0. The van der Waals surface area contributed by atoms with Crippen LogP contribution in [0.25, 0.3) is 0 Å². The number of hydrogen-bond acceptors (Lipinski definition) is 7. The predicted octanol–water partition coefficient (Wildman–Crippen LogP) is 5.27. The van der Waals surface area contributed by atoms with Crippen LogP contribution >= 0.6 is 0 Å². The summed E-state index contributed by atoms with van der Waals surface area (Å²) < 4.78 is 40.9. The molecule has 4 aliphatic heterocycles. The van der Waals surface area contributed by atoms with Crippen LogP contribution in [-0.2, 0) is 23.9 Å². The van der Waals surface area contributed by atoms with Crippen molar-refractivity contribution in [1.29, 1.82) is 0 Å². The molecule has 13 heteroatoms. The highest BCUT2D eigenvalue weighted by atomic mass is 19.4. The standard InChI is InChI=1S/C19H23F3N2O3.C17H23N3O2/c20-19(21,22)13-27-18(26)17(25)24-11-2-1-8-16(24)14-6-5-7-15(12-14)23-9-3-4-10-23;18-16(21)17(22)20-11-2-1-8-15(20)13-6-5-7-14(12-13)19-9-3-4-10-19/h5-7,12,16H,1-4,8-11,13H2;5-7,12,15H,1-4,8-11H2,(H2,18,21). The number of esters is 1. The number of hydrogen-bond donors (Lipinski definition) is 1. The zero-order chi connectivity index (χ0) is 35.0. The third-order valence-electron chi connectivity index (χ3n) is 9.73. The van der Waals surface area contributed by atoms with Gasteiger partial charge in [0, 0.05) is 50.6 Å². The van der Waals surface area contributed by atoms with Gasteiger partial charge in [-0.1, -0.05) is 24.3 Å². The second-order valence-corrected chi connectivity index (χ2v) is 13.2. The molecule has 0 spiro atoms. The number of likely N-dealkylation sites (tertiary alicyclic amines) is 2. The van der Waals surface area contributed by atoms with Crippen molar-refractivity contribution in [2.24, 2.45) is 5.73 Å². The van der Waals surface area contributed by atoms with Crippen LogP contribution in [0.3, 0.4) is 0 Å². The first-order valence-electron chi connectivity index (χ1n) is 17.4. The number of carbonyl (C=O) groups is 4. The minimum Gasteiger partial charge on any atom is -0.449 e. The molecule has 2 unspecified atom stereocenters. The van der Waals surface area contributed by atoms with Gasteiger partial charge in [0.15, 0.2) is 6.61 Å². The van der Waals surface area contributed by atoms with E-state index in [1.165, 1.54) is 23.4 Å². The van der Waals surface area contributed by atoms with Gasteiger partial charge < -0.3 is 30.1 Å². The number of halogens is 3. The number of anilines is 2. The first-order valence-corrected chi connectivity index (χ1v) is 17.4. The average molecular weight is 686 g/mol. The number of benzene rings is 2. The molecule has 266 valence electrons. The Morgan fingerprint density at radius 3 is 1.51 bits per heavy atom.